The van der Waals surface area contributed by atoms with Gasteiger partial charge in [-0.25, -0.2) is 8.78 Å². The third-order valence-corrected chi connectivity index (χ3v) is 3.00. The molecule has 3 nitrogen and oxygen atoms in total. The number of hydrogen-bond acceptors (Lipinski definition) is 2. The smallest absolute Gasteiger partial charge is 0.258 e. The van der Waals surface area contributed by atoms with Gasteiger partial charge in [0, 0.05) is 11.8 Å². The Labute approximate surface area is 118 Å². The fraction of sp³-hybridized carbons (Fsp3) is 0.0714. The van der Waals surface area contributed by atoms with Crippen molar-refractivity contribution in [1.29, 1.82) is 0 Å². The van der Waals surface area contributed by atoms with Crippen LogP contribution in [0, 0.1) is 18.6 Å². The Balaban J connectivity index is 2.28. The number of rotatable bonds is 2. The zero-order valence-corrected chi connectivity index (χ0v) is 11.1. The van der Waals surface area contributed by atoms with Gasteiger partial charge in [-0.3, -0.25) is 4.79 Å². The van der Waals surface area contributed by atoms with Crippen LogP contribution < -0.4 is 5.32 Å². The van der Waals surface area contributed by atoms with Crippen molar-refractivity contribution in [1.82, 2.24) is 0 Å². The van der Waals surface area contributed by atoms with E-state index in [4.69, 9.17) is 11.6 Å². The summed E-state index contributed by atoms with van der Waals surface area (Å²) in [6.07, 6.45) is 0. The number of benzene rings is 2. The molecule has 104 valence electrons. The number of phenols is 1. The number of carbonyl (C=O) groups is 1. The van der Waals surface area contributed by atoms with E-state index in [2.05, 4.69) is 5.32 Å². The summed E-state index contributed by atoms with van der Waals surface area (Å²) in [6.45, 7) is 1.43. The average molecular weight is 298 g/mol. The highest BCUT2D eigenvalue weighted by atomic mass is 35.5. The van der Waals surface area contributed by atoms with E-state index >= 15 is 0 Å². The van der Waals surface area contributed by atoms with Crippen LogP contribution in [0.4, 0.5) is 14.5 Å². The Morgan fingerprint density at radius 3 is 2.55 bits per heavy atom. The minimum absolute atomic E-state index is 0.0542. The van der Waals surface area contributed by atoms with E-state index in [1.54, 1.807) is 0 Å². The fourth-order valence-electron chi connectivity index (χ4n) is 1.61. The van der Waals surface area contributed by atoms with Crippen LogP contribution in [0.3, 0.4) is 0 Å². The summed E-state index contributed by atoms with van der Waals surface area (Å²) in [5.74, 6) is -2.52. The number of carbonyl (C=O) groups excluding carboxylic acids is 1. The first kappa shape index (κ1) is 14.3. The molecule has 0 heterocycles. The zero-order valence-electron chi connectivity index (χ0n) is 10.4. The molecule has 0 aliphatic carbocycles. The van der Waals surface area contributed by atoms with E-state index in [0.717, 1.165) is 6.07 Å². The van der Waals surface area contributed by atoms with Crippen LogP contribution in [-0.2, 0) is 0 Å². The Bertz CT molecular complexity index is 689. The normalized spacial score (nSPS) is 10.4. The van der Waals surface area contributed by atoms with Gasteiger partial charge in [-0.15, -0.1) is 0 Å². The molecule has 0 aliphatic heterocycles. The lowest BCUT2D eigenvalue weighted by Gasteiger charge is -2.08. The van der Waals surface area contributed by atoms with Gasteiger partial charge in [0.25, 0.3) is 5.91 Å². The van der Waals surface area contributed by atoms with E-state index in [-0.39, 0.29) is 21.9 Å². The molecule has 2 aromatic rings. The quantitative estimate of drug-likeness (QED) is 0.826. The topological polar surface area (TPSA) is 49.3 Å². The molecule has 0 aromatic heterocycles. The number of halogens is 3. The lowest BCUT2D eigenvalue weighted by atomic mass is 10.1. The number of aryl methyl sites for hydroxylation is 1. The first-order chi connectivity index (χ1) is 9.38. The Morgan fingerprint density at radius 2 is 1.90 bits per heavy atom. The number of aromatic hydroxyl groups is 1. The van der Waals surface area contributed by atoms with Gasteiger partial charge in [-0.1, -0.05) is 11.6 Å². The van der Waals surface area contributed by atoms with Crippen LogP contribution in [0.25, 0.3) is 0 Å². The molecule has 1 amide bonds. The fourth-order valence-corrected chi connectivity index (χ4v) is 1.79. The molecule has 0 saturated heterocycles. The second-order valence-electron chi connectivity index (χ2n) is 4.20. The van der Waals surface area contributed by atoms with E-state index in [0.29, 0.717) is 11.8 Å². The summed E-state index contributed by atoms with van der Waals surface area (Å²) in [6, 6.07) is 5.82. The summed E-state index contributed by atoms with van der Waals surface area (Å²) >= 11 is 5.70. The molecule has 0 spiro atoms. The Hall–Kier alpha value is -2.14. The average Bonchev–Trinajstić information content (AvgIpc) is 2.38. The number of amides is 1. The number of anilines is 1. The van der Waals surface area contributed by atoms with E-state index < -0.39 is 17.5 Å². The molecule has 0 unspecified atom stereocenters. The summed E-state index contributed by atoms with van der Waals surface area (Å²) in [5.41, 5.74) is 0.188. The van der Waals surface area contributed by atoms with Crippen LogP contribution in [0.5, 0.6) is 5.75 Å². The summed E-state index contributed by atoms with van der Waals surface area (Å²) < 4.78 is 26.7. The van der Waals surface area contributed by atoms with Crippen molar-refractivity contribution in [2.75, 3.05) is 5.32 Å². The highest BCUT2D eigenvalue weighted by Crippen LogP contribution is 2.26. The van der Waals surface area contributed by atoms with Crippen molar-refractivity contribution < 1.29 is 18.7 Å². The van der Waals surface area contributed by atoms with Crippen LogP contribution in [0.1, 0.15) is 15.9 Å². The van der Waals surface area contributed by atoms with Crippen LogP contribution >= 0.6 is 11.6 Å². The van der Waals surface area contributed by atoms with Gasteiger partial charge in [0.15, 0.2) is 0 Å². The maximum absolute atomic E-state index is 13.6. The van der Waals surface area contributed by atoms with Crippen molar-refractivity contribution >= 4 is 23.2 Å². The van der Waals surface area contributed by atoms with Crippen LogP contribution in [0.15, 0.2) is 30.3 Å². The van der Waals surface area contributed by atoms with E-state index in [1.807, 2.05) is 0 Å². The SMILES string of the molecule is Cc1cc(C(=O)Nc2ccc(O)c(Cl)c2)c(F)cc1F. The third kappa shape index (κ3) is 2.88. The second-order valence-corrected chi connectivity index (χ2v) is 4.61. The molecule has 2 rings (SSSR count). The van der Waals surface area contributed by atoms with Crippen molar-refractivity contribution in [3.8, 4) is 5.75 Å². The molecule has 0 fully saturated rings. The van der Waals surface area contributed by atoms with Gasteiger partial charge in [0.05, 0.1) is 10.6 Å². The van der Waals surface area contributed by atoms with Crippen molar-refractivity contribution in [2.24, 2.45) is 0 Å². The highest BCUT2D eigenvalue weighted by molar-refractivity contribution is 6.32. The summed E-state index contributed by atoms with van der Waals surface area (Å²) in [7, 11) is 0. The minimum atomic E-state index is -0.949. The molecular weight excluding hydrogens is 288 g/mol. The lowest BCUT2D eigenvalue weighted by molar-refractivity contribution is 0.102. The zero-order chi connectivity index (χ0) is 14.9. The number of nitrogens with one attached hydrogen (secondary N) is 1. The molecule has 0 saturated carbocycles. The van der Waals surface area contributed by atoms with Gasteiger partial charge < -0.3 is 10.4 Å². The molecule has 0 bridgehead atoms. The molecule has 20 heavy (non-hydrogen) atoms. The molecule has 0 atom stereocenters. The molecule has 2 N–H and O–H groups in total. The predicted octanol–water partition coefficient (Wildman–Crippen LogP) is 3.88. The first-order valence-electron chi connectivity index (χ1n) is 5.64. The lowest BCUT2D eigenvalue weighted by Crippen LogP contribution is -2.14. The predicted molar refractivity (Wildman–Crippen MR) is 72.2 cm³/mol. The van der Waals surface area contributed by atoms with Gasteiger partial charge in [-0.2, -0.15) is 0 Å². The molecule has 0 aliphatic rings. The van der Waals surface area contributed by atoms with Gasteiger partial charge in [-0.05, 0) is 36.8 Å². The maximum atomic E-state index is 13.6. The molecule has 6 heteroatoms. The minimum Gasteiger partial charge on any atom is -0.506 e. The van der Waals surface area contributed by atoms with Crippen molar-refractivity contribution in [3.63, 3.8) is 0 Å². The third-order valence-electron chi connectivity index (χ3n) is 2.70. The summed E-state index contributed by atoms with van der Waals surface area (Å²) in [4.78, 5) is 11.9. The molecular formula is C14H10ClF2NO2. The van der Waals surface area contributed by atoms with Gasteiger partial charge >= 0.3 is 0 Å². The Kier molecular flexibility index (Phi) is 3.90. The largest absolute Gasteiger partial charge is 0.506 e. The molecule has 0 radical (unpaired) electrons. The maximum Gasteiger partial charge on any atom is 0.258 e. The van der Waals surface area contributed by atoms with Crippen LogP contribution in [0.2, 0.25) is 5.02 Å². The summed E-state index contributed by atoms with van der Waals surface area (Å²) in [5, 5.41) is 11.7. The van der Waals surface area contributed by atoms with Crippen molar-refractivity contribution in [2.45, 2.75) is 6.92 Å². The Morgan fingerprint density at radius 1 is 1.20 bits per heavy atom. The second kappa shape index (κ2) is 5.46. The van der Waals surface area contributed by atoms with Gasteiger partial charge in [0.1, 0.15) is 17.4 Å². The molecule has 2 aromatic carbocycles. The van der Waals surface area contributed by atoms with Crippen LogP contribution in [-0.4, -0.2) is 11.0 Å². The van der Waals surface area contributed by atoms with E-state index in [9.17, 15) is 18.7 Å². The van der Waals surface area contributed by atoms with E-state index in [1.165, 1.54) is 25.1 Å². The number of hydrogen-bond donors (Lipinski definition) is 2. The van der Waals surface area contributed by atoms with Gasteiger partial charge in [0.2, 0.25) is 0 Å². The number of phenolic OH excluding ortho intramolecular Hbond substituents is 1. The first-order valence-corrected chi connectivity index (χ1v) is 6.02. The monoisotopic (exact) mass is 297 g/mol. The van der Waals surface area contributed by atoms with Crippen molar-refractivity contribution in [3.05, 3.63) is 58.1 Å². The standard InChI is InChI=1S/C14H10ClF2NO2/c1-7-4-9(12(17)6-11(7)16)14(20)18-8-2-3-13(19)10(15)5-8/h2-6,19H,1H3,(H,18,20). The highest BCUT2D eigenvalue weighted by Gasteiger charge is 2.15.